The van der Waals surface area contributed by atoms with Crippen molar-refractivity contribution in [3.05, 3.63) is 47.5 Å². The number of benzene rings is 2. The summed E-state index contributed by atoms with van der Waals surface area (Å²) in [7, 11) is 1.56. The van der Waals surface area contributed by atoms with E-state index >= 15 is 0 Å². The van der Waals surface area contributed by atoms with Crippen LogP contribution in [0.5, 0.6) is 11.5 Å². The second-order valence-electron chi connectivity index (χ2n) is 9.52. The minimum absolute atomic E-state index is 0.00949. The van der Waals surface area contributed by atoms with Crippen LogP contribution in [-0.4, -0.2) is 63.8 Å². The van der Waals surface area contributed by atoms with Crippen LogP contribution in [0.3, 0.4) is 0 Å². The zero-order valence-electron chi connectivity index (χ0n) is 20.4. The second-order valence-corrected chi connectivity index (χ2v) is 9.93. The predicted octanol–water partition coefficient (Wildman–Crippen LogP) is 3.79. The third kappa shape index (κ3) is 5.27. The topological polar surface area (TPSA) is 123 Å². The molecule has 2 atom stereocenters. The Morgan fingerprint density at radius 1 is 1.22 bits per heavy atom. The summed E-state index contributed by atoms with van der Waals surface area (Å²) in [5.41, 5.74) is 6.38. The van der Waals surface area contributed by atoms with E-state index in [2.05, 4.69) is 15.3 Å². The normalized spacial score (nSPS) is 24.2. The number of halogens is 2. The Hall–Kier alpha value is -3.21. The van der Waals surface area contributed by atoms with Crippen molar-refractivity contribution in [3.63, 3.8) is 0 Å². The Kier molecular flexibility index (Phi) is 7.32. The first-order valence-corrected chi connectivity index (χ1v) is 12.7. The third-order valence-electron chi connectivity index (χ3n) is 7.18. The number of rotatable bonds is 7. The molecule has 1 aromatic heterocycles. The maximum atomic E-state index is 14.5. The molecule has 2 fully saturated rings. The largest absolute Gasteiger partial charge is 0.493 e. The van der Waals surface area contributed by atoms with Gasteiger partial charge in [-0.05, 0) is 50.3 Å². The molecule has 0 spiro atoms. The molecule has 2 aromatic carbocycles. The standard InChI is InChI=1S/C26H29ClFN5O4/c1-36-22-11-20-17(26(31-13-30-20)32-19-4-2-3-18(27)24(19)28)10-23(22)37-16-7-5-14(6-8-16)33-12-15(34)9-21(33)25(29)35/h2-4,10-11,13-16,21,34H,5-9,12H2,1H3,(H2,29,35)(H,30,31,32)/t14-,15-,16+,21+/m1/s1. The van der Waals surface area contributed by atoms with Crippen molar-refractivity contribution in [1.29, 1.82) is 0 Å². The van der Waals surface area contributed by atoms with Crippen LogP contribution in [0.2, 0.25) is 5.02 Å². The minimum atomic E-state index is -0.568. The lowest BCUT2D eigenvalue weighted by molar-refractivity contribution is -0.123. The first kappa shape index (κ1) is 25.4. The van der Waals surface area contributed by atoms with E-state index in [4.69, 9.17) is 26.8 Å². The first-order valence-electron chi connectivity index (χ1n) is 12.3. The van der Waals surface area contributed by atoms with Crippen LogP contribution >= 0.6 is 11.6 Å². The van der Waals surface area contributed by atoms with E-state index in [0.717, 1.165) is 25.7 Å². The molecule has 11 heteroatoms. The predicted molar refractivity (Wildman–Crippen MR) is 138 cm³/mol. The zero-order chi connectivity index (χ0) is 26.1. The maximum Gasteiger partial charge on any atom is 0.234 e. The van der Waals surface area contributed by atoms with Crippen molar-refractivity contribution in [1.82, 2.24) is 14.9 Å². The highest BCUT2D eigenvalue weighted by atomic mass is 35.5. The maximum absolute atomic E-state index is 14.5. The van der Waals surface area contributed by atoms with E-state index in [0.29, 0.717) is 41.2 Å². The number of likely N-dealkylation sites (tertiary alicyclic amines) is 1. The van der Waals surface area contributed by atoms with Crippen molar-refractivity contribution in [2.75, 3.05) is 19.0 Å². The van der Waals surface area contributed by atoms with E-state index in [1.54, 1.807) is 31.4 Å². The number of anilines is 2. The van der Waals surface area contributed by atoms with Gasteiger partial charge in [0.2, 0.25) is 5.91 Å². The highest BCUT2D eigenvalue weighted by molar-refractivity contribution is 6.31. The molecule has 3 aromatic rings. The van der Waals surface area contributed by atoms with Crippen LogP contribution in [0.25, 0.3) is 10.9 Å². The average molecular weight is 530 g/mol. The van der Waals surface area contributed by atoms with Gasteiger partial charge in [-0.2, -0.15) is 0 Å². The molecule has 2 aliphatic rings. The summed E-state index contributed by atoms with van der Waals surface area (Å²) in [5, 5.41) is 13.7. The highest BCUT2D eigenvalue weighted by Crippen LogP contribution is 2.38. The van der Waals surface area contributed by atoms with E-state index in [1.807, 2.05) is 4.90 Å². The molecule has 196 valence electrons. The van der Waals surface area contributed by atoms with E-state index in [1.165, 1.54) is 12.4 Å². The number of hydrogen-bond acceptors (Lipinski definition) is 8. The van der Waals surface area contributed by atoms with Gasteiger partial charge in [-0.25, -0.2) is 14.4 Å². The average Bonchev–Trinajstić information content (AvgIpc) is 3.29. The van der Waals surface area contributed by atoms with Gasteiger partial charge in [-0.3, -0.25) is 9.69 Å². The number of carbonyl (C=O) groups excluding carboxylic acids is 1. The van der Waals surface area contributed by atoms with Gasteiger partial charge >= 0.3 is 0 Å². The number of primary amides is 1. The van der Waals surface area contributed by atoms with Gasteiger partial charge in [0.1, 0.15) is 12.1 Å². The zero-order valence-corrected chi connectivity index (χ0v) is 21.1. The molecule has 1 saturated carbocycles. The molecule has 1 saturated heterocycles. The van der Waals surface area contributed by atoms with Gasteiger partial charge in [-0.1, -0.05) is 17.7 Å². The molecule has 2 heterocycles. The number of aliphatic hydroxyl groups excluding tert-OH is 1. The number of fused-ring (bicyclic) bond motifs is 1. The summed E-state index contributed by atoms with van der Waals surface area (Å²) < 4.78 is 26.5. The molecule has 0 unspecified atom stereocenters. The van der Waals surface area contributed by atoms with Crippen LogP contribution in [-0.2, 0) is 4.79 Å². The summed E-state index contributed by atoms with van der Waals surface area (Å²) in [5.74, 6) is 0.522. The Morgan fingerprint density at radius 3 is 2.73 bits per heavy atom. The van der Waals surface area contributed by atoms with Crippen molar-refractivity contribution < 1.29 is 23.8 Å². The van der Waals surface area contributed by atoms with Crippen molar-refractivity contribution in [2.24, 2.45) is 5.73 Å². The summed E-state index contributed by atoms with van der Waals surface area (Å²) in [4.78, 5) is 22.5. The number of β-amino-alcohol motifs (C(OH)–C–C–N with tert-alkyl or cyclic N) is 1. The van der Waals surface area contributed by atoms with Crippen molar-refractivity contribution >= 4 is 39.9 Å². The molecule has 5 rings (SSSR count). The number of hydrogen-bond donors (Lipinski definition) is 3. The lowest BCUT2D eigenvalue weighted by atomic mass is 9.91. The summed E-state index contributed by atoms with van der Waals surface area (Å²) in [6, 6.07) is 8.02. The number of nitrogens with zero attached hydrogens (tertiary/aromatic N) is 3. The lowest BCUT2D eigenvalue weighted by Gasteiger charge is -2.37. The fraction of sp³-hybridized carbons (Fsp3) is 0.423. The molecule has 9 nitrogen and oxygen atoms in total. The molecule has 0 bridgehead atoms. The van der Waals surface area contributed by atoms with E-state index in [-0.39, 0.29) is 28.8 Å². The second kappa shape index (κ2) is 10.6. The van der Waals surface area contributed by atoms with Gasteiger partial charge in [0.15, 0.2) is 17.3 Å². The number of nitrogens with two attached hydrogens (primary N) is 1. The minimum Gasteiger partial charge on any atom is -0.493 e. The Bertz CT molecular complexity index is 1300. The summed E-state index contributed by atoms with van der Waals surface area (Å²) >= 11 is 5.93. The SMILES string of the molecule is COc1cc2ncnc(Nc3cccc(Cl)c3F)c2cc1O[C@H]1CC[C@@H](N2C[C@H](O)C[C@H]2C(N)=O)CC1. The Morgan fingerprint density at radius 2 is 2.00 bits per heavy atom. The van der Waals surface area contributed by atoms with E-state index < -0.39 is 18.0 Å². The third-order valence-corrected chi connectivity index (χ3v) is 7.47. The van der Waals surface area contributed by atoms with Gasteiger partial charge in [0, 0.05) is 24.0 Å². The lowest BCUT2D eigenvalue weighted by Crippen LogP contribution is -2.48. The number of methoxy groups -OCH3 is 1. The van der Waals surface area contributed by atoms with Gasteiger partial charge in [0.25, 0.3) is 0 Å². The molecule has 37 heavy (non-hydrogen) atoms. The summed E-state index contributed by atoms with van der Waals surface area (Å²) in [6.45, 7) is 0.464. The molecule has 1 amide bonds. The van der Waals surface area contributed by atoms with Gasteiger partial charge < -0.3 is 25.6 Å². The van der Waals surface area contributed by atoms with Crippen LogP contribution in [0, 0.1) is 5.82 Å². The smallest absolute Gasteiger partial charge is 0.234 e. The Balaban J connectivity index is 1.34. The van der Waals surface area contributed by atoms with Gasteiger partial charge in [0.05, 0.1) is 41.6 Å². The molecule has 1 aliphatic heterocycles. The number of aliphatic hydroxyl groups is 1. The van der Waals surface area contributed by atoms with Gasteiger partial charge in [-0.15, -0.1) is 0 Å². The first-order chi connectivity index (χ1) is 17.8. The number of carbonyl (C=O) groups is 1. The van der Waals surface area contributed by atoms with Crippen LogP contribution < -0.4 is 20.5 Å². The fourth-order valence-corrected chi connectivity index (χ4v) is 5.51. The van der Waals surface area contributed by atoms with E-state index in [9.17, 15) is 14.3 Å². The molecule has 4 N–H and O–H groups in total. The highest BCUT2D eigenvalue weighted by Gasteiger charge is 2.40. The molecular weight excluding hydrogens is 501 g/mol. The monoisotopic (exact) mass is 529 g/mol. The number of ether oxygens (including phenoxy) is 2. The quantitative estimate of drug-likeness (QED) is 0.422. The van der Waals surface area contributed by atoms with Crippen LogP contribution in [0.4, 0.5) is 15.9 Å². The van der Waals surface area contributed by atoms with Crippen molar-refractivity contribution in [2.45, 2.75) is 56.4 Å². The van der Waals surface area contributed by atoms with Crippen LogP contribution in [0.15, 0.2) is 36.7 Å². The molecule has 0 radical (unpaired) electrons. The van der Waals surface area contributed by atoms with Crippen LogP contribution in [0.1, 0.15) is 32.1 Å². The number of nitrogens with one attached hydrogen (secondary N) is 1. The van der Waals surface area contributed by atoms with Crippen molar-refractivity contribution in [3.8, 4) is 11.5 Å². The Labute approximate surface area is 218 Å². The molecule has 1 aliphatic carbocycles. The number of aromatic nitrogens is 2. The molecular formula is C26H29ClFN5O4. The summed E-state index contributed by atoms with van der Waals surface area (Å²) in [6.07, 6.45) is 4.37. The number of amides is 1. The fourth-order valence-electron chi connectivity index (χ4n) is 5.34.